The summed E-state index contributed by atoms with van der Waals surface area (Å²) in [5.74, 6) is 0.255. The van der Waals surface area contributed by atoms with Gasteiger partial charge in [0.2, 0.25) is 5.91 Å². The Balaban J connectivity index is 1.62. The molecule has 2 heterocycles. The van der Waals surface area contributed by atoms with Crippen LogP contribution in [0.15, 0.2) is 30.5 Å². The van der Waals surface area contributed by atoms with Crippen molar-refractivity contribution in [3.05, 3.63) is 52.8 Å². The first-order valence-corrected chi connectivity index (χ1v) is 9.13. The first-order valence-electron chi connectivity index (χ1n) is 9.13. The summed E-state index contributed by atoms with van der Waals surface area (Å²) >= 11 is 0. The molecule has 2 aromatic rings. The molecule has 3 rings (SSSR count). The molecular formula is C20H28N4O. The quantitative estimate of drug-likeness (QED) is 0.840. The molecule has 25 heavy (non-hydrogen) atoms. The monoisotopic (exact) mass is 340 g/mol. The van der Waals surface area contributed by atoms with Crippen molar-refractivity contribution in [1.29, 1.82) is 0 Å². The van der Waals surface area contributed by atoms with E-state index >= 15 is 0 Å². The molecule has 5 heteroatoms. The molecule has 5 nitrogen and oxygen atoms in total. The Bertz CT molecular complexity index is 737. The highest BCUT2D eigenvalue weighted by molar-refractivity contribution is 5.76. The van der Waals surface area contributed by atoms with Crippen molar-refractivity contribution >= 4 is 5.91 Å². The normalized spacial score (nSPS) is 16.3. The van der Waals surface area contributed by atoms with Gasteiger partial charge in [0.05, 0.1) is 5.69 Å². The zero-order chi connectivity index (χ0) is 17.8. The number of carbonyl (C=O) groups excluding carboxylic acids is 1. The summed E-state index contributed by atoms with van der Waals surface area (Å²) in [4.78, 5) is 16.9. The molecule has 0 aliphatic carbocycles. The molecule has 0 atom stereocenters. The summed E-state index contributed by atoms with van der Waals surface area (Å²) in [5.41, 5.74) is 4.81. The van der Waals surface area contributed by atoms with Crippen LogP contribution in [0.3, 0.4) is 0 Å². The molecular weight excluding hydrogens is 312 g/mol. The van der Waals surface area contributed by atoms with E-state index < -0.39 is 0 Å². The van der Waals surface area contributed by atoms with E-state index in [0.29, 0.717) is 13.0 Å². The highest BCUT2D eigenvalue weighted by Crippen LogP contribution is 2.15. The van der Waals surface area contributed by atoms with Gasteiger partial charge < -0.3 is 4.90 Å². The number of carbonyl (C=O) groups is 1. The second kappa shape index (κ2) is 7.83. The third-order valence-electron chi connectivity index (χ3n) is 4.90. The van der Waals surface area contributed by atoms with Crippen molar-refractivity contribution in [2.45, 2.75) is 46.8 Å². The molecule has 0 unspecified atom stereocenters. The van der Waals surface area contributed by atoms with Crippen molar-refractivity contribution in [3.8, 4) is 0 Å². The van der Waals surface area contributed by atoms with Crippen LogP contribution >= 0.6 is 0 Å². The van der Waals surface area contributed by atoms with Crippen LogP contribution in [0.2, 0.25) is 0 Å². The van der Waals surface area contributed by atoms with Gasteiger partial charge in [0.25, 0.3) is 0 Å². The number of nitrogens with zero attached hydrogens (tertiary/aromatic N) is 4. The SMILES string of the molecule is CCn1cc(CN2CCC(=O)N(Cc3cccc(C)c3)CC2)c(C)n1. The van der Waals surface area contributed by atoms with E-state index in [1.165, 1.54) is 16.7 Å². The Morgan fingerprint density at radius 2 is 1.96 bits per heavy atom. The second-order valence-electron chi connectivity index (χ2n) is 6.93. The van der Waals surface area contributed by atoms with Crippen molar-refractivity contribution in [2.24, 2.45) is 0 Å². The summed E-state index contributed by atoms with van der Waals surface area (Å²) in [6, 6.07) is 8.42. The molecule has 0 bridgehead atoms. The lowest BCUT2D eigenvalue weighted by molar-refractivity contribution is -0.130. The van der Waals surface area contributed by atoms with E-state index in [2.05, 4.69) is 61.2 Å². The molecule has 1 aromatic carbocycles. The van der Waals surface area contributed by atoms with E-state index in [1.54, 1.807) is 0 Å². The maximum absolute atomic E-state index is 12.5. The van der Waals surface area contributed by atoms with Gasteiger partial charge in [-0.2, -0.15) is 5.10 Å². The summed E-state index contributed by atoms with van der Waals surface area (Å²) in [5, 5.41) is 4.52. The van der Waals surface area contributed by atoms with Gasteiger partial charge in [0.15, 0.2) is 0 Å². The zero-order valence-corrected chi connectivity index (χ0v) is 15.5. The van der Waals surface area contributed by atoms with Crippen LogP contribution in [0.1, 0.15) is 35.7 Å². The number of rotatable bonds is 5. The summed E-state index contributed by atoms with van der Waals surface area (Å²) in [6.07, 6.45) is 2.72. The van der Waals surface area contributed by atoms with Crippen molar-refractivity contribution in [2.75, 3.05) is 19.6 Å². The number of hydrogen-bond donors (Lipinski definition) is 0. The van der Waals surface area contributed by atoms with Gasteiger partial charge in [-0.25, -0.2) is 0 Å². The Morgan fingerprint density at radius 1 is 1.12 bits per heavy atom. The average Bonchev–Trinajstić information content (AvgIpc) is 2.86. The maximum Gasteiger partial charge on any atom is 0.224 e. The number of benzene rings is 1. The van der Waals surface area contributed by atoms with Crippen molar-refractivity contribution in [3.63, 3.8) is 0 Å². The van der Waals surface area contributed by atoms with Gasteiger partial charge in [-0.1, -0.05) is 29.8 Å². The molecule has 0 N–H and O–H groups in total. The van der Waals surface area contributed by atoms with Crippen molar-refractivity contribution in [1.82, 2.24) is 19.6 Å². The minimum Gasteiger partial charge on any atom is -0.337 e. The molecule has 1 amide bonds. The summed E-state index contributed by atoms with van der Waals surface area (Å²) in [7, 11) is 0. The largest absolute Gasteiger partial charge is 0.337 e. The van der Waals surface area contributed by atoms with E-state index in [0.717, 1.165) is 38.4 Å². The first-order chi connectivity index (χ1) is 12.0. The second-order valence-corrected chi connectivity index (χ2v) is 6.93. The van der Waals surface area contributed by atoms with Crippen LogP contribution in [0.5, 0.6) is 0 Å². The minimum absolute atomic E-state index is 0.255. The molecule has 134 valence electrons. The molecule has 1 aliphatic heterocycles. The first kappa shape index (κ1) is 17.7. The van der Waals surface area contributed by atoms with E-state index in [-0.39, 0.29) is 5.91 Å². The zero-order valence-electron chi connectivity index (χ0n) is 15.5. The maximum atomic E-state index is 12.5. The van der Waals surface area contributed by atoms with Gasteiger partial charge in [0.1, 0.15) is 0 Å². The van der Waals surface area contributed by atoms with Crippen LogP contribution in [0.4, 0.5) is 0 Å². The average molecular weight is 340 g/mol. The lowest BCUT2D eigenvalue weighted by Crippen LogP contribution is -2.32. The van der Waals surface area contributed by atoms with Gasteiger partial charge in [-0.3, -0.25) is 14.4 Å². The minimum atomic E-state index is 0.255. The molecule has 0 radical (unpaired) electrons. The van der Waals surface area contributed by atoms with Gasteiger partial charge in [-0.05, 0) is 26.3 Å². The standard InChI is InChI=1S/C20H28N4O/c1-4-24-15-19(17(3)21-24)14-22-9-8-20(25)23(11-10-22)13-18-7-5-6-16(2)12-18/h5-7,12,15H,4,8-11,13-14H2,1-3H3. The van der Waals surface area contributed by atoms with Crippen LogP contribution in [-0.4, -0.2) is 45.1 Å². The fourth-order valence-electron chi connectivity index (χ4n) is 3.38. The fourth-order valence-corrected chi connectivity index (χ4v) is 3.38. The predicted molar refractivity (Wildman–Crippen MR) is 99.1 cm³/mol. The van der Waals surface area contributed by atoms with Gasteiger partial charge in [-0.15, -0.1) is 0 Å². The fraction of sp³-hybridized carbons (Fsp3) is 0.500. The van der Waals surface area contributed by atoms with Crippen LogP contribution in [-0.2, 0) is 24.4 Å². The Morgan fingerprint density at radius 3 is 2.68 bits per heavy atom. The topological polar surface area (TPSA) is 41.4 Å². The Kier molecular flexibility index (Phi) is 5.53. The highest BCUT2D eigenvalue weighted by atomic mass is 16.2. The van der Waals surface area contributed by atoms with E-state index in [9.17, 15) is 4.79 Å². The number of amides is 1. The van der Waals surface area contributed by atoms with Gasteiger partial charge in [0, 0.05) is 57.4 Å². The summed E-state index contributed by atoms with van der Waals surface area (Å²) in [6.45, 7) is 11.2. The van der Waals surface area contributed by atoms with E-state index in [4.69, 9.17) is 0 Å². The third-order valence-corrected chi connectivity index (χ3v) is 4.90. The summed E-state index contributed by atoms with van der Waals surface area (Å²) < 4.78 is 1.98. The highest BCUT2D eigenvalue weighted by Gasteiger charge is 2.21. The van der Waals surface area contributed by atoms with Crippen molar-refractivity contribution < 1.29 is 4.79 Å². The molecule has 0 spiro atoms. The van der Waals surface area contributed by atoms with E-state index in [1.807, 2.05) is 9.58 Å². The van der Waals surface area contributed by atoms with Crippen LogP contribution < -0.4 is 0 Å². The molecule has 1 fully saturated rings. The molecule has 1 aliphatic rings. The third kappa shape index (κ3) is 4.48. The molecule has 1 saturated heterocycles. The number of aryl methyl sites for hydroxylation is 3. The smallest absolute Gasteiger partial charge is 0.224 e. The van der Waals surface area contributed by atoms with Crippen LogP contribution in [0.25, 0.3) is 0 Å². The lowest BCUT2D eigenvalue weighted by Gasteiger charge is -2.22. The Labute approximate surface area is 150 Å². The van der Waals surface area contributed by atoms with Crippen LogP contribution in [0, 0.1) is 13.8 Å². The number of hydrogen-bond acceptors (Lipinski definition) is 3. The van der Waals surface area contributed by atoms with Gasteiger partial charge >= 0.3 is 0 Å². The lowest BCUT2D eigenvalue weighted by atomic mass is 10.1. The molecule has 0 saturated carbocycles. The Hall–Kier alpha value is -2.14. The number of aromatic nitrogens is 2. The predicted octanol–water partition coefficient (Wildman–Crippen LogP) is 2.75. The molecule has 1 aromatic heterocycles.